The van der Waals surface area contributed by atoms with Crippen molar-refractivity contribution >= 4 is 17.6 Å². The van der Waals surface area contributed by atoms with E-state index in [4.69, 9.17) is 16.3 Å². The van der Waals surface area contributed by atoms with Crippen LogP contribution >= 0.6 is 11.6 Å². The molecule has 0 aromatic heterocycles. The Hall–Kier alpha value is -2.00. The predicted molar refractivity (Wildman–Crippen MR) is 75.1 cm³/mol. The number of benzene rings is 2. The SMILES string of the molecule is COc1cc(Cl)ccc1-c1cccc(C)c1C(=O)O. The lowest BCUT2D eigenvalue weighted by atomic mass is 9.95. The van der Waals surface area contributed by atoms with Gasteiger partial charge < -0.3 is 9.84 Å². The number of aromatic carboxylic acids is 1. The monoisotopic (exact) mass is 276 g/mol. The molecule has 1 N–H and O–H groups in total. The molecule has 0 radical (unpaired) electrons. The smallest absolute Gasteiger partial charge is 0.336 e. The molecule has 0 aliphatic rings. The van der Waals surface area contributed by atoms with Crippen LogP contribution in [-0.4, -0.2) is 18.2 Å². The molecule has 19 heavy (non-hydrogen) atoms. The Morgan fingerprint density at radius 2 is 1.95 bits per heavy atom. The van der Waals surface area contributed by atoms with Crippen molar-refractivity contribution in [2.75, 3.05) is 7.11 Å². The molecule has 2 aromatic rings. The van der Waals surface area contributed by atoms with Crippen LogP contribution in [-0.2, 0) is 0 Å². The standard InChI is InChI=1S/C15H13ClO3/c1-9-4-3-5-12(14(9)15(17)18)11-7-6-10(16)8-13(11)19-2/h3-8H,1-2H3,(H,17,18). The number of aryl methyl sites for hydroxylation is 1. The van der Waals surface area contributed by atoms with Crippen molar-refractivity contribution in [3.63, 3.8) is 0 Å². The minimum Gasteiger partial charge on any atom is -0.496 e. The summed E-state index contributed by atoms with van der Waals surface area (Å²) >= 11 is 5.92. The van der Waals surface area contributed by atoms with Crippen LogP contribution in [0.15, 0.2) is 36.4 Å². The Labute approximate surface area is 116 Å². The molecule has 2 aromatic carbocycles. The quantitative estimate of drug-likeness (QED) is 0.921. The largest absolute Gasteiger partial charge is 0.496 e. The molecular formula is C15H13ClO3. The van der Waals surface area contributed by atoms with Gasteiger partial charge in [0.2, 0.25) is 0 Å². The third kappa shape index (κ3) is 2.56. The van der Waals surface area contributed by atoms with Crippen LogP contribution in [0.4, 0.5) is 0 Å². The second-order valence-electron chi connectivity index (χ2n) is 4.15. The van der Waals surface area contributed by atoms with Crippen LogP contribution in [0.3, 0.4) is 0 Å². The maximum absolute atomic E-state index is 11.4. The Morgan fingerprint density at radius 1 is 1.21 bits per heavy atom. The normalized spacial score (nSPS) is 10.3. The van der Waals surface area contributed by atoms with E-state index in [0.717, 1.165) is 0 Å². The molecule has 0 aliphatic heterocycles. The van der Waals surface area contributed by atoms with Crippen molar-refractivity contribution < 1.29 is 14.6 Å². The zero-order valence-electron chi connectivity index (χ0n) is 10.6. The first-order chi connectivity index (χ1) is 9.04. The van der Waals surface area contributed by atoms with Crippen molar-refractivity contribution in [2.24, 2.45) is 0 Å². The molecule has 0 aliphatic carbocycles. The second-order valence-corrected chi connectivity index (χ2v) is 4.58. The fraction of sp³-hybridized carbons (Fsp3) is 0.133. The van der Waals surface area contributed by atoms with Gasteiger partial charge in [-0.25, -0.2) is 4.79 Å². The summed E-state index contributed by atoms with van der Waals surface area (Å²) < 4.78 is 5.28. The highest BCUT2D eigenvalue weighted by molar-refractivity contribution is 6.30. The van der Waals surface area contributed by atoms with E-state index in [1.54, 1.807) is 37.3 Å². The third-order valence-electron chi connectivity index (χ3n) is 2.94. The van der Waals surface area contributed by atoms with Crippen molar-refractivity contribution in [3.8, 4) is 16.9 Å². The van der Waals surface area contributed by atoms with Crippen molar-refractivity contribution in [1.29, 1.82) is 0 Å². The second kappa shape index (κ2) is 5.33. The van der Waals surface area contributed by atoms with Crippen molar-refractivity contribution in [1.82, 2.24) is 0 Å². The van der Waals surface area contributed by atoms with E-state index in [1.807, 2.05) is 6.07 Å². The summed E-state index contributed by atoms with van der Waals surface area (Å²) in [6, 6.07) is 10.5. The van der Waals surface area contributed by atoms with Crippen molar-refractivity contribution in [3.05, 3.63) is 52.5 Å². The van der Waals surface area contributed by atoms with E-state index in [9.17, 15) is 9.90 Å². The maximum atomic E-state index is 11.4. The molecular weight excluding hydrogens is 264 g/mol. The van der Waals surface area contributed by atoms with E-state index >= 15 is 0 Å². The number of rotatable bonds is 3. The van der Waals surface area contributed by atoms with Crippen LogP contribution in [0.1, 0.15) is 15.9 Å². The van der Waals surface area contributed by atoms with Gasteiger partial charge in [0, 0.05) is 16.1 Å². The number of carboxylic acid groups (broad SMARTS) is 1. The van der Waals surface area contributed by atoms with Gasteiger partial charge in [-0.15, -0.1) is 0 Å². The van der Waals surface area contributed by atoms with Crippen LogP contribution in [0.25, 0.3) is 11.1 Å². The lowest BCUT2D eigenvalue weighted by Crippen LogP contribution is -2.03. The number of carboxylic acids is 1. The molecule has 0 unspecified atom stereocenters. The van der Waals surface area contributed by atoms with Gasteiger partial charge in [0.15, 0.2) is 0 Å². The lowest BCUT2D eigenvalue weighted by Gasteiger charge is -2.13. The Balaban J connectivity index is 2.72. The number of ether oxygens (including phenoxy) is 1. The molecule has 3 nitrogen and oxygen atoms in total. The Bertz CT molecular complexity index is 635. The molecule has 0 saturated carbocycles. The first kappa shape index (κ1) is 13.4. The molecule has 0 heterocycles. The minimum absolute atomic E-state index is 0.281. The average molecular weight is 277 g/mol. The highest BCUT2D eigenvalue weighted by atomic mass is 35.5. The van der Waals surface area contributed by atoms with Gasteiger partial charge in [0.05, 0.1) is 12.7 Å². The zero-order valence-corrected chi connectivity index (χ0v) is 11.4. The number of halogens is 1. The predicted octanol–water partition coefficient (Wildman–Crippen LogP) is 4.02. The Kier molecular flexibility index (Phi) is 3.76. The highest BCUT2D eigenvalue weighted by Crippen LogP contribution is 2.35. The lowest BCUT2D eigenvalue weighted by molar-refractivity contribution is 0.0697. The van der Waals surface area contributed by atoms with E-state index in [1.165, 1.54) is 7.11 Å². The molecule has 0 fully saturated rings. The zero-order chi connectivity index (χ0) is 14.0. The van der Waals surface area contributed by atoms with Crippen LogP contribution in [0.5, 0.6) is 5.75 Å². The molecule has 0 saturated heterocycles. The van der Waals surface area contributed by atoms with E-state index < -0.39 is 5.97 Å². The fourth-order valence-electron chi connectivity index (χ4n) is 2.06. The molecule has 2 rings (SSSR count). The number of hydrogen-bond acceptors (Lipinski definition) is 2. The van der Waals surface area contributed by atoms with Gasteiger partial charge in [-0.05, 0) is 30.7 Å². The van der Waals surface area contributed by atoms with Gasteiger partial charge in [0.25, 0.3) is 0 Å². The van der Waals surface area contributed by atoms with Gasteiger partial charge in [-0.1, -0.05) is 29.8 Å². The molecule has 0 bridgehead atoms. The summed E-state index contributed by atoms with van der Waals surface area (Å²) in [6.45, 7) is 1.77. The Morgan fingerprint density at radius 3 is 2.58 bits per heavy atom. The number of hydrogen-bond donors (Lipinski definition) is 1. The molecule has 98 valence electrons. The minimum atomic E-state index is -0.954. The summed E-state index contributed by atoms with van der Waals surface area (Å²) in [6.07, 6.45) is 0. The summed E-state index contributed by atoms with van der Waals surface area (Å²) in [4.78, 5) is 11.4. The third-order valence-corrected chi connectivity index (χ3v) is 3.18. The summed E-state index contributed by atoms with van der Waals surface area (Å²) in [5.74, 6) is -0.397. The van der Waals surface area contributed by atoms with Crippen LogP contribution < -0.4 is 4.74 Å². The number of carbonyl (C=O) groups is 1. The average Bonchev–Trinajstić information content (AvgIpc) is 2.37. The molecule has 0 amide bonds. The van der Waals surface area contributed by atoms with E-state index in [2.05, 4.69) is 0 Å². The summed E-state index contributed by atoms with van der Waals surface area (Å²) in [5.41, 5.74) is 2.33. The first-order valence-electron chi connectivity index (χ1n) is 5.71. The van der Waals surface area contributed by atoms with E-state index in [-0.39, 0.29) is 5.56 Å². The molecule has 4 heteroatoms. The molecule has 0 spiro atoms. The van der Waals surface area contributed by atoms with Crippen LogP contribution in [0.2, 0.25) is 5.02 Å². The summed E-state index contributed by atoms with van der Waals surface area (Å²) in [5, 5.41) is 9.91. The highest BCUT2D eigenvalue weighted by Gasteiger charge is 2.17. The van der Waals surface area contributed by atoms with E-state index in [0.29, 0.717) is 27.5 Å². The maximum Gasteiger partial charge on any atom is 0.336 e. The first-order valence-corrected chi connectivity index (χ1v) is 6.09. The van der Waals surface area contributed by atoms with Crippen molar-refractivity contribution in [2.45, 2.75) is 6.92 Å². The topological polar surface area (TPSA) is 46.5 Å². The molecule has 0 atom stereocenters. The van der Waals surface area contributed by atoms with Gasteiger partial charge in [-0.3, -0.25) is 0 Å². The van der Waals surface area contributed by atoms with Gasteiger partial charge in [0.1, 0.15) is 5.75 Å². The van der Waals surface area contributed by atoms with Crippen LogP contribution in [0, 0.1) is 6.92 Å². The van der Waals surface area contributed by atoms with Gasteiger partial charge >= 0.3 is 5.97 Å². The summed E-state index contributed by atoms with van der Waals surface area (Å²) in [7, 11) is 1.53. The van der Waals surface area contributed by atoms with Gasteiger partial charge in [-0.2, -0.15) is 0 Å². The fourth-order valence-corrected chi connectivity index (χ4v) is 2.23. The number of methoxy groups -OCH3 is 1.